The highest BCUT2D eigenvalue weighted by Gasteiger charge is 2.37. The Bertz CT molecular complexity index is 681. The molecule has 0 aromatic heterocycles. The maximum Gasteiger partial charge on any atom is 0.192 e. The van der Waals surface area contributed by atoms with E-state index < -0.39 is 14.4 Å². The number of methoxy groups -OCH3 is 2. The number of aldehydes is 1. The quantitative estimate of drug-likeness (QED) is 0.107. The van der Waals surface area contributed by atoms with E-state index in [0.717, 1.165) is 29.6 Å². The lowest BCUT2D eigenvalue weighted by Gasteiger charge is -2.37. The molecule has 1 aromatic carbocycles. The third-order valence-electron chi connectivity index (χ3n) is 6.01. The van der Waals surface area contributed by atoms with E-state index in [0.29, 0.717) is 26.2 Å². The van der Waals surface area contributed by atoms with Gasteiger partial charge < -0.3 is 28.2 Å². The molecule has 1 aromatic rings. The normalized spacial score (nSPS) is 14.1. The molecule has 0 radical (unpaired) electrons. The van der Waals surface area contributed by atoms with Crippen LogP contribution in [-0.2, 0) is 30.0 Å². The maximum absolute atomic E-state index is 11.9. The third-order valence-corrected chi connectivity index (χ3v) is 10.5. The molecule has 0 N–H and O–H groups in total. The molecule has 6 nitrogen and oxygen atoms in total. The van der Waals surface area contributed by atoms with E-state index in [9.17, 15) is 4.79 Å². The van der Waals surface area contributed by atoms with Crippen molar-refractivity contribution in [2.24, 2.45) is 5.92 Å². The topological polar surface area (TPSA) is 63.2 Å². The molecular weight excluding hydrogens is 424 g/mol. The lowest BCUT2D eigenvalue weighted by molar-refractivity contribution is -0.121. The number of carbonyl (C=O) groups is 1. The fourth-order valence-corrected chi connectivity index (χ4v) is 3.86. The summed E-state index contributed by atoms with van der Waals surface area (Å²) in [5.41, 5.74) is 1.85. The molecule has 0 aliphatic rings. The van der Waals surface area contributed by atoms with Gasteiger partial charge in [-0.1, -0.05) is 39.5 Å². The maximum atomic E-state index is 11.9. The number of benzene rings is 1. The number of ether oxygens (including phenoxy) is 4. The molecule has 0 aliphatic carbocycles. The van der Waals surface area contributed by atoms with Crippen molar-refractivity contribution in [1.29, 1.82) is 0 Å². The van der Waals surface area contributed by atoms with E-state index in [2.05, 4.69) is 40.4 Å². The molecule has 32 heavy (non-hydrogen) atoms. The summed E-state index contributed by atoms with van der Waals surface area (Å²) < 4.78 is 28.1. The molecule has 0 amide bonds. The van der Waals surface area contributed by atoms with Gasteiger partial charge in [0.05, 0.1) is 26.4 Å². The Labute approximate surface area is 195 Å². The highest BCUT2D eigenvalue weighted by Crippen LogP contribution is 2.37. The molecule has 0 saturated carbocycles. The van der Waals surface area contributed by atoms with E-state index >= 15 is 0 Å². The van der Waals surface area contributed by atoms with Crippen LogP contribution >= 0.6 is 0 Å². The Morgan fingerprint density at radius 3 is 2.34 bits per heavy atom. The zero-order valence-corrected chi connectivity index (χ0v) is 21.9. The highest BCUT2D eigenvalue weighted by molar-refractivity contribution is 6.74. The first-order chi connectivity index (χ1) is 15.1. The summed E-state index contributed by atoms with van der Waals surface area (Å²) in [4.78, 5) is 11.9. The average molecular weight is 467 g/mol. The second-order valence-electron chi connectivity index (χ2n) is 9.54. The van der Waals surface area contributed by atoms with Crippen molar-refractivity contribution in [3.63, 3.8) is 0 Å². The Morgan fingerprint density at radius 1 is 1.16 bits per heavy atom. The second kappa shape index (κ2) is 13.9. The molecule has 0 bridgehead atoms. The van der Waals surface area contributed by atoms with Gasteiger partial charge in [-0.05, 0) is 54.2 Å². The van der Waals surface area contributed by atoms with Crippen LogP contribution in [-0.4, -0.2) is 54.9 Å². The molecule has 0 saturated heterocycles. The van der Waals surface area contributed by atoms with E-state index in [4.69, 9.17) is 23.4 Å². The molecule has 1 rings (SSSR count). The minimum atomic E-state index is -1.93. The predicted octanol–water partition coefficient (Wildman–Crippen LogP) is 5.37. The van der Waals surface area contributed by atoms with Crippen molar-refractivity contribution in [3.05, 3.63) is 42.0 Å². The van der Waals surface area contributed by atoms with Crippen molar-refractivity contribution in [3.8, 4) is 5.75 Å². The smallest absolute Gasteiger partial charge is 0.192 e. The zero-order chi connectivity index (χ0) is 24.2. The van der Waals surface area contributed by atoms with Crippen LogP contribution in [0.3, 0.4) is 0 Å². The number of rotatable bonds is 16. The van der Waals surface area contributed by atoms with Crippen molar-refractivity contribution < 1.29 is 28.2 Å². The van der Waals surface area contributed by atoms with Gasteiger partial charge in [0, 0.05) is 19.6 Å². The summed E-state index contributed by atoms with van der Waals surface area (Å²) in [7, 11) is 1.28. The van der Waals surface area contributed by atoms with Crippen LogP contribution < -0.4 is 4.74 Å². The summed E-state index contributed by atoms with van der Waals surface area (Å²) in [5, 5.41) is 0.0987. The molecule has 0 aliphatic heterocycles. The molecule has 2 atom stereocenters. The molecule has 0 spiro atoms. The minimum Gasteiger partial charge on any atom is -0.497 e. The lowest BCUT2D eigenvalue weighted by atomic mass is 9.93. The van der Waals surface area contributed by atoms with Crippen LogP contribution in [0.4, 0.5) is 0 Å². The molecular formula is C25H42O6Si. The van der Waals surface area contributed by atoms with Crippen LogP contribution in [0.15, 0.2) is 36.4 Å². The Morgan fingerprint density at radius 2 is 1.81 bits per heavy atom. The summed E-state index contributed by atoms with van der Waals surface area (Å²) in [6, 6.07) is 7.79. The molecule has 0 fully saturated rings. The Kier molecular flexibility index (Phi) is 12.4. The largest absolute Gasteiger partial charge is 0.497 e. The van der Waals surface area contributed by atoms with Crippen molar-refractivity contribution in [2.75, 3.05) is 34.2 Å². The van der Waals surface area contributed by atoms with Gasteiger partial charge in [0.1, 0.15) is 18.8 Å². The van der Waals surface area contributed by atoms with Crippen molar-refractivity contribution in [2.45, 2.75) is 64.5 Å². The summed E-state index contributed by atoms with van der Waals surface area (Å²) in [6.07, 6.45) is 1.88. The van der Waals surface area contributed by atoms with Gasteiger partial charge in [0.2, 0.25) is 0 Å². The number of hydrogen-bond acceptors (Lipinski definition) is 6. The molecule has 0 heterocycles. The standard InChI is InChI=1S/C25H42O6Si/c1-20(17-31-32(7,8)25(2,3)4)24(30-19-27-5)22(16-26)10-9-15-29-18-21-11-13-23(28-6)14-12-21/h11-14,16,22,24H,1,9-10,15,17-19H2,2-8H3/t22-,24-/m0/s1. The molecule has 7 heteroatoms. The first kappa shape index (κ1) is 28.5. The van der Waals surface area contributed by atoms with E-state index in [-0.39, 0.29) is 17.7 Å². The third kappa shape index (κ3) is 9.54. The Hall–Kier alpha value is -1.51. The summed E-state index contributed by atoms with van der Waals surface area (Å²) in [5.74, 6) is 0.493. The van der Waals surface area contributed by atoms with Gasteiger partial charge in [-0.2, -0.15) is 0 Å². The second-order valence-corrected chi connectivity index (χ2v) is 14.4. The lowest BCUT2D eigenvalue weighted by Crippen LogP contribution is -2.42. The van der Waals surface area contributed by atoms with Gasteiger partial charge in [-0.3, -0.25) is 0 Å². The minimum absolute atomic E-state index is 0.0987. The molecule has 182 valence electrons. The van der Waals surface area contributed by atoms with Crippen molar-refractivity contribution in [1.82, 2.24) is 0 Å². The van der Waals surface area contributed by atoms with Crippen LogP contribution in [0, 0.1) is 5.92 Å². The first-order valence-electron chi connectivity index (χ1n) is 11.1. The van der Waals surface area contributed by atoms with E-state index in [1.165, 1.54) is 0 Å². The summed E-state index contributed by atoms with van der Waals surface area (Å²) >= 11 is 0. The molecule has 0 unspecified atom stereocenters. The number of hydrogen-bond donors (Lipinski definition) is 0. The fourth-order valence-electron chi connectivity index (χ4n) is 2.88. The Balaban J connectivity index is 2.57. The van der Waals surface area contributed by atoms with Gasteiger partial charge in [0.25, 0.3) is 0 Å². The summed E-state index contributed by atoms with van der Waals surface area (Å²) in [6.45, 7) is 16.7. The fraction of sp³-hybridized carbons (Fsp3) is 0.640. The zero-order valence-electron chi connectivity index (χ0n) is 20.9. The van der Waals surface area contributed by atoms with Gasteiger partial charge in [-0.15, -0.1) is 0 Å². The predicted molar refractivity (Wildman–Crippen MR) is 130 cm³/mol. The van der Waals surface area contributed by atoms with Crippen LogP contribution in [0.25, 0.3) is 0 Å². The first-order valence-corrected chi connectivity index (χ1v) is 14.0. The van der Waals surface area contributed by atoms with Crippen LogP contribution in [0.1, 0.15) is 39.2 Å². The van der Waals surface area contributed by atoms with Gasteiger partial charge >= 0.3 is 0 Å². The van der Waals surface area contributed by atoms with Crippen molar-refractivity contribution >= 4 is 14.6 Å². The van der Waals surface area contributed by atoms with E-state index in [1.807, 2.05) is 24.3 Å². The van der Waals surface area contributed by atoms with Crippen LogP contribution in [0.2, 0.25) is 18.1 Å². The number of carbonyl (C=O) groups excluding carboxylic acids is 1. The van der Waals surface area contributed by atoms with Crippen LogP contribution in [0.5, 0.6) is 5.75 Å². The van der Waals surface area contributed by atoms with Gasteiger partial charge in [0.15, 0.2) is 8.32 Å². The SMILES string of the molecule is C=C(CO[Si](C)(C)C(C)(C)C)[C@H](OCOC)[C@H](C=O)CCCOCc1ccc(OC)cc1. The average Bonchev–Trinajstić information content (AvgIpc) is 2.75. The highest BCUT2D eigenvalue weighted by atomic mass is 28.4. The van der Waals surface area contributed by atoms with E-state index in [1.54, 1.807) is 14.2 Å². The monoisotopic (exact) mass is 466 g/mol. The van der Waals surface area contributed by atoms with Gasteiger partial charge in [-0.25, -0.2) is 0 Å².